The van der Waals surface area contributed by atoms with Gasteiger partial charge in [0.05, 0.1) is 6.54 Å². The summed E-state index contributed by atoms with van der Waals surface area (Å²) >= 11 is 0. The minimum absolute atomic E-state index is 0.0236. The Bertz CT molecular complexity index is 726. The largest absolute Gasteiger partial charge is 0.347 e. The van der Waals surface area contributed by atoms with E-state index in [-0.39, 0.29) is 18.4 Å². The predicted octanol–water partition coefficient (Wildman–Crippen LogP) is 2.79. The SMILES string of the molecule is CCNCc1cccc(NC(=O)CNC(=O)CCc2ccc(C)cc2)c1. The summed E-state index contributed by atoms with van der Waals surface area (Å²) in [5.74, 6) is -0.351. The molecule has 0 aromatic heterocycles. The fourth-order valence-corrected chi connectivity index (χ4v) is 2.51. The van der Waals surface area contributed by atoms with Crippen LogP contribution in [0.1, 0.15) is 30.0 Å². The number of carbonyl (C=O) groups is 2. The zero-order chi connectivity index (χ0) is 18.8. The maximum absolute atomic E-state index is 12.0. The summed E-state index contributed by atoms with van der Waals surface area (Å²) in [7, 11) is 0. The molecule has 2 rings (SSSR count). The van der Waals surface area contributed by atoms with Crippen LogP contribution < -0.4 is 16.0 Å². The van der Waals surface area contributed by atoms with Crippen molar-refractivity contribution in [3.8, 4) is 0 Å². The molecule has 0 radical (unpaired) electrons. The monoisotopic (exact) mass is 353 g/mol. The number of carbonyl (C=O) groups excluding carboxylic acids is 2. The van der Waals surface area contributed by atoms with Gasteiger partial charge in [0.2, 0.25) is 11.8 Å². The Labute approximate surface area is 155 Å². The van der Waals surface area contributed by atoms with Crippen molar-refractivity contribution in [3.05, 3.63) is 65.2 Å². The summed E-state index contributed by atoms with van der Waals surface area (Å²) < 4.78 is 0. The van der Waals surface area contributed by atoms with Gasteiger partial charge >= 0.3 is 0 Å². The number of anilines is 1. The van der Waals surface area contributed by atoms with Crippen molar-refractivity contribution in [1.29, 1.82) is 0 Å². The van der Waals surface area contributed by atoms with Crippen LogP contribution in [-0.4, -0.2) is 24.9 Å². The van der Waals surface area contributed by atoms with Crippen LogP contribution in [0.5, 0.6) is 0 Å². The van der Waals surface area contributed by atoms with E-state index < -0.39 is 0 Å². The molecule has 2 aromatic rings. The third-order valence-corrected chi connectivity index (χ3v) is 4.00. The Morgan fingerprint density at radius 2 is 1.73 bits per heavy atom. The Morgan fingerprint density at radius 1 is 0.962 bits per heavy atom. The minimum Gasteiger partial charge on any atom is -0.347 e. The van der Waals surface area contributed by atoms with Gasteiger partial charge < -0.3 is 16.0 Å². The zero-order valence-corrected chi connectivity index (χ0v) is 15.5. The molecule has 5 heteroatoms. The lowest BCUT2D eigenvalue weighted by atomic mass is 10.1. The van der Waals surface area contributed by atoms with Crippen molar-refractivity contribution in [2.24, 2.45) is 0 Å². The molecular weight excluding hydrogens is 326 g/mol. The lowest BCUT2D eigenvalue weighted by Crippen LogP contribution is -2.33. The second-order valence-corrected chi connectivity index (χ2v) is 6.29. The van der Waals surface area contributed by atoms with Gasteiger partial charge in [-0.3, -0.25) is 9.59 Å². The first-order valence-corrected chi connectivity index (χ1v) is 8.98. The molecule has 0 aliphatic heterocycles. The normalized spacial score (nSPS) is 10.4. The van der Waals surface area contributed by atoms with Gasteiger partial charge in [0, 0.05) is 18.7 Å². The van der Waals surface area contributed by atoms with E-state index in [1.54, 1.807) is 0 Å². The zero-order valence-electron chi connectivity index (χ0n) is 15.5. The average molecular weight is 353 g/mol. The fourth-order valence-electron chi connectivity index (χ4n) is 2.51. The molecular formula is C21H27N3O2. The maximum Gasteiger partial charge on any atom is 0.243 e. The first-order valence-electron chi connectivity index (χ1n) is 8.98. The van der Waals surface area contributed by atoms with E-state index in [1.165, 1.54) is 5.56 Å². The van der Waals surface area contributed by atoms with Crippen molar-refractivity contribution < 1.29 is 9.59 Å². The molecule has 0 spiro atoms. The van der Waals surface area contributed by atoms with Crippen molar-refractivity contribution in [2.45, 2.75) is 33.2 Å². The molecule has 138 valence electrons. The Morgan fingerprint density at radius 3 is 2.46 bits per heavy atom. The number of hydrogen-bond acceptors (Lipinski definition) is 3. The molecule has 0 heterocycles. The molecule has 3 N–H and O–H groups in total. The molecule has 26 heavy (non-hydrogen) atoms. The molecule has 2 amide bonds. The summed E-state index contributed by atoms with van der Waals surface area (Å²) in [5.41, 5.74) is 4.16. The Kier molecular flexibility index (Phi) is 7.83. The van der Waals surface area contributed by atoms with Gasteiger partial charge in [0.15, 0.2) is 0 Å². The van der Waals surface area contributed by atoms with Gasteiger partial charge in [-0.2, -0.15) is 0 Å². The van der Waals surface area contributed by atoms with Gasteiger partial charge in [0.25, 0.3) is 0 Å². The van der Waals surface area contributed by atoms with E-state index in [0.717, 1.165) is 29.9 Å². The highest BCUT2D eigenvalue weighted by molar-refractivity contribution is 5.94. The van der Waals surface area contributed by atoms with E-state index in [4.69, 9.17) is 0 Å². The van der Waals surface area contributed by atoms with Crippen molar-refractivity contribution in [1.82, 2.24) is 10.6 Å². The van der Waals surface area contributed by atoms with Gasteiger partial charge in [-0.1, -0.05) is 48.9 Å². The van der Waals surface area contributed by atoms with Crippen LogP contribution >= 0.6 is 0 Å². The summed E-state index contributed by atoms with van der Waals surface area (Å²) in [6.07, 6.45) is 1.04. The van der Waals surface area contributed by atoms with E-state index >= 15 is 0 Å². The molecule has 0 aliphatic carbocycles. The number of amides is 2. The molecule has 0 saturated heterocycles. The van der Waals surface area contributed by atoms with Crippen molar-refractivity contribution >= 4 is 17.5 Å². The molecule has 2 aromatic carbocycles. The van der Waals surface area contributed by atoms with E-state index in [1.807, 2.05) is 62.4 Å². The van der Waals surface area contributed by atoms with Gasteiger partial charge in [-0.25, -0.2) is 0 Å². The smallest absolute Gasteiger partial charge is 0.243 e. The van der Waals surface area contributed by atoms with Crippen LogP contribution in [0.25, 0.3) is 0 Å². The van der Waals surface area contributed by atoms with Gasteiger partial charge in [-0.05, 0) is 43.1 Å². The van der Waals surface area contributed by atoms with Crippen LogP contribution in [-0.2, 0) is 22.6 Å². The first-order chi connectivity index (χ1) is 12.6. The Hall–Kier alpha value is -2.66. The quantitative estimate of drug-likeness (QED) is 0.649. The summed E-state index contributed by atoms with van der Waals surface area (Å²) in [5, 5.41) is 8.73. The standard InChI is InChI=1S/C21H27N3O2/c1-3-22-14-18-5-4-6-19(13-18)24-21(26)15-23-20(25)12-11-17-9-7-16(2)8-10-17/h4-10,13,22H,3,11-12,14-15H2,1-2H3,(H,23,25)(H,24,26). The van der Waals surface area contributed by atoms with Crippen LogP contribution in [0.2, 0.25) is 0 Å². The van der Waals surface area contributed by atoms with Gasteiger partial charge in [0.1, 0.15) is 0 Å². The second-order valence-electron chi connectivity index (χ2n) is 6.29. The van der Waals surface area contributed by atoms with Crippen LogP contribution in [0, 0.1) is 6.92 Å². The number of aryl methyl sites for hydroxylation is 2. The summed E-state index contributed by atoms with van der Waals surface area (Å²) in [6, 6.07) is 15.8. The fraction of sp³-hybridized carbons (Fsp3) is 0.333. The average Bonchev–Trinajstić information content (AvgIpc) is 2.64. The second kappa shape index (κ2) is 10.4. The van der Waals surface area contributed by atoms with Gasteiger partial charge in [-0.15, -0.1) is 0 Å². The third kappa shape index (κ3) is 7.07. The highest BCUT2D eigenvalue weighted by Gasteiger charge is 2.07. The van der Waals surface area contributed by atoms with Crippen molar-refractivity contribution in [2.75, 3.05) is 18.4 Å². The van der Waals surface area contributed by atoms with E-state index in [0.29, 0.717) is 12.8 Å². The molecule has 0 saturated carbocycles. The van der Waals surface area contributed by atoms with Crippen LogP contribution in [0.4, 0.5) is 5.69 Å². The molecule has 0 aliphatic rings. The highest BCUT2D eigenvalue weighted by Crippen LogP contribution is 2.10. The lowest BCUT2D eigenvalue weighted by Gasteiger charge is -2.09. The minimum atomic E-state index is -0.228. The first kappa shape index (κ1) is 19.7. The number of nitrogens with one attached hydrogen (secondary N) is 3. The van der Waals surface area contributed by atoms with E-state index in [2.05, 4.69) is 16.0 Å². The van der Waals surface area contributed by atoms with Crippen molar-refractivity contribution in [3.63, 3.8) is 0 Å². The summed E-state index contributed by atoms with van der Waals surface area (Å²) in [6.45, 7) is 5.71. The molecule has 0 bridgehead atoms. The Balaban J connectivity index is 1.72. The number of rotatable bonds is 9. The molecule has 0 fully saturated rings. The lowest BCUT2D eigenvalue weighted by molar-refractivity contribution is -0.124. The molecule has 0 atom stereocenters. The molecule has 5 nitrogen and oxygen atoms in total. The maximum atomic E-state index is 12.0. The number of benzene rings is 2. The van der Waals surface area contributed by atoms with E-state index in [9.17, 15) is 9.59 Å². The van der Waals surface area contributed by atoms with Crippen LogP contribution in [0.15, 0.2) is 48.5 Å². The van der Waals surface area contributed by atoms with Crippen LogP contribution in [0.3, 0.4) is 0 Å². The summed E-state index contributed by atoms with van der Waals surface area (Å²) in [4.78, 5) is 23.9. The third-order valence-electron chi connectivity index (χ3n) is 4.00. The highest BCUT2D eigenvalue weighted by atomic mass is 16.2. The number of hydrogen-bond donors (Lipinski definition) is 3. The molecule has 0 unspecified atom stereocenters. The predicted molar refractivity (Wildman–Crippen MR) is 105 cm³/mol. The topological polar surface area (TPSA) is 70.2 Å².